The first-order valence-electron chi connectivity index (χ1n) is 4.80. The lowest BCUT2D eigenvalue weighted by atomic mass is 9.80. The third-order valence-corrected chi connectivity index (χ3v) is 3.13. The molecule has 0 spiro atoms. The molecule has 1 unspecified atom stereocenters. The lowest BCUT2D eigenvalue weighted by Gasteiger charge is -2.24. The maximum atomic E-state index is 11.2. The van der Waals surface area contributed by atoms with Gasteiger partial charge in [0, 0.05) is 23.4 Å². The molecule has 15 heavy (non-hydrogen) atoms. The molecule has 1 fully saturated rings. The van der Waals surface area contributed by atoms with E-state index >= 15 is 0 Å². The Morgan fingerprint density at radius 2 is 2.07 bits per heavy atom. The second-order valence-corrected chi connectivity index (χ2v) is 4.34. The normalized spacial score (nSPS) is 25.3. The third kappa shape index (κ3) is 1.85. The van der Waals surface area contributed by atoms with Crippen molar-refractivity contribution >= 4 is 17.5 Å². The number of amides is 1. The topological polar surface area (TPSA) is 49.3 Å². The Labute approximate surface area is 93.1 Å². The van der Waals surface area contributed by atoms with Crippen LogP contribution in [0.3, 0.4) is 0 Å². The molecular weight excluding hydrogens is 214 g/mol. The predicted octanol–water partition coefficient (Wildman–Crippen LogP) is 1.09. The van der Waals surface area contributed by atoms with Gasteiger partial charge in [0.25, 0.3) is 0 Å². The minimum Gasteiger partial charge on any atom is -0.395 e. The number of rotatable bonds is 2. The number of nitrogens with one attached hydrogen (secondary N) is 1. The molecule has 4 heteroatoms. The highest BCUT2D eigenvalue weighted by Gasteiger charge is 2.39. The van der Waals surface area contributed by atoms with E-state index in [0.717, 1.165) is 5.56 Å². The van der Waals surface area contributed by atoms with Gasteiger partial charge >= 0.3 is 0 Å². The molecule has 0 saturated carbocycles. The van der Waals surface area contributed by atoms with Crippen LogP contribution in [-0.2, 0) is 10.2 Å². The SMILES string of the molecule is O=C1CC(CO)(c2ccc(Cl)cc2)CN1. The number of benzene rings is 1. The second kappa shape index (κ2) is 3.83. The monoisotopic (exact) mass is 225 g/mol. The van der Waals surface area contributed by atoms with Crippen molar-refractivity contribution in [2.24, 2.45) is 0 Å². The maximum absolute atomic E-state index is 11.2. The standard InChI is InChI=1S/C11H12ClNO2/c12-9-3-1-8(2-4-9)11(7-14)5-10(15)13-6-11/h1-4,14H,5-7H2,(H,13,15). The zero-order valence-electron chi connectivity index (χ0n) is 8.16. The first-order chi connectivity index (χ1) is 7.16. The van der Waals surface area contributed by atoms with Crippen LogP contribution in [0.15, 0.2) is 24.3 Å². The van der Waals surface area contributed by atoms with Gasteiger partial charge in [-0.2, -0.15) is 0 Å². The fourth-order valence-corrected chi connectivity index (χ4v) is 2.04. The van der Waals surface area contributed by atoms with Gasteiger partial charge in [-0.25, -0.2) is 0 Å². The first-order valence-corrected chi connectivity index (χ1v) is 5.18. The zero-order valence-corrected chi connectivity index (χ0v) is 8.92. The molecule has 1 amide bonds. The van der Waals surface area contributed by atoms with E-state index in [1.54, 1.807) is 12.1 Å². The van der Waals surface area contributed by atoms with E-state index in [9.17, 15) is 9.90 Å². The van der Waals surface area contributed by atoms with Crippen LogP contribution >= 0.6 is 11.6 Å². The Morgan fingerprint density at radius 1 is 1.40 bits per heavy atom. The average Bonchev–Trinajstić information content (AvgIpc) is 2.62. The van der Waals surface area contributed by atoms with Crippen molar-refractivity contribution in [1.82, 2.24) is 5.32 Å². The highest BCUT2D eigenvalue weighted by atomic mass is 35.5. The van der Waals surface area contributed by atoms with Gasteiger partial charge in [0.1, 0.15) is 0 Å². The summed E-state index contributed by atoms with van der Waals surface area (Å²) < 4.78 is 0. The second-order valence-electron chi connectivity index (χ2n) is 3.90. The smallest absolute Gasteiger partial charge is 0.221 e. The summed E-state index contributed by atoms with van der Waals surface area (Å²) in [6.45, 7) is 0.456. The largest absolute Gasteiger partial charge is 0.395 e. The van der Waals surface area contributed by atoms with Crippen LogP contribution < -0.4 is 5.32 Å². The van der Waals surface area contributed by atoms with E-state index in [0.29, 0.717) is 18.0 Å². The van der Waals surface area contributed by atoms with E-state index in [1.807, 2.05) is 12.1 Å². The summed E-state index contributed by atoms with van der Waals surface area (Å²) >= 11 is 5.79. The summed E-state index contributed by atoms with van der Waals surface area (Å²) in [5.74, 6) is -0.0148. The number of hydrogen-bond acceptors (Lipinski definition) is 2. The van der Waals surface area contributed by atoms with E-state index in [1.165, 1.54) is 0 Å². The number of hydrogen-bond donors (Lipinski definition) is 2. The molecule has 1 aromatic carbocycles. The molecule has 80 valence electrons. The van der Waals surface area contributed by atoms with E-state index < -0.39 is 5.41 Å². The summed E-state index contributed by atoms with van der Waals surface area (Å²) in [7, 11) is 0. The van der Waals surface area contributed by atoms with E-state index in [-0.39, 0.29) is 12.5 Å². The maximum Gasteiger partial charge on any atom is 0.221 e. The first kappa shape index (κ1) is 10.5. The molecule has 3 nitrogen and oxygen atoms in total. The van der Waals surface area contributed by atoms with Crippen molar-refractivity contribution < 1.29 is 9.90 Å². The van der Waals surface area contributed by atoms with Gasteiger partial charge in [0.15, 0.2) is 0 Å². The predicted molar refractivity (Wildman–Crippen MR) is 57.8 cm³/mol. The van der Waals surface area contributed by atoms with Crippen LogP contribution in [0.2, 0.25) is 5.02 Å². The van der Waals surface area contributed by atoms with Crippen LogP contribution in [0, 0.1) is 0 Å². The number of halogens is 1. The summed E-state index contributed by atoms with van der Waals surface area (Å²) in [5.41, 5.74) is 0.481. The molecular formula is C11H12ClNO2. The Balaban J connectivity index is 2.34. The van der Waals surface area contributed by atoms with Crippen molar-refractivity contribution in [3.8, 4) is 0 Å². The molecule has 1 atom stereocenters. The number of aliphatic hydroxyl groups excluding tert-OH is 1. The lowest BCUT2D eigenvalue weighted by molar-refractivity contribution is -0.119. The minimum atomic E-state index is -0.471. The quantitative estimate of drug-likeness (QED) is 0.792. The fraction of sp³-hybridized carbons (Fsp3) is 0.364. The van der Waals surface area contributed by atoms with Crippen molar-refractivity contribution in [2.45, 2.75) is 11.8 Å². The third-order valence-electron chi connectivity index (χ3n) is 2.88. The lowest BCUT2D eigenvalue weighted by Crippen LogP contribution is -2.32. The van der Waals surface area contributed by atoms with E-state index in [2.05, 4.69) is 5.32 Å². The van der Waals surface area contributed by atoms with Crippen molar-refractivity contribution in [2.75, 3.05) is 13.2 Å². The van der Waals surface area contributed by atoms with Crippen LogP contribution in [0.25, 0.3) is 0 Å². The van der Waals surface area contributed by atoms with E-state index in [4.69, 9.17) is 11.6 Å². The van der Waals surface area contributed by atoms with Gasteiger partial charge in [-0.15, -0.1) is 0 Å². The van der Waals surface area contributed by atoms with Gasteiger partial charge in [0.2, 0.25) is 5.91 Å². The number of carbonyl (C=O) groups is 1. The van der Waals surface area contributed by atoms with Crippen LogP contribution in [0.5, 0.6) is 0 Å². The van der Waals surface area contributed by atoms with Crippen molar-refractivity contribution in [3.05, 3.63) is 34.9 Å². The molecule has 2 N–H and O–H groups in total. The van der Waals surface area contributed by atoms with Crippen molar-refractivity contribution in [1.29, 1.82) is 0 Å². The Kier molecular flexibility index (Phi) is 2.67. The van der Waals surface area contributed by atoms with Gasteiger partial charge in [-0.1, -0.05) is 23.7 Å². The van der Waals surface area contributed by atoms with Gasteiger partial charge in [-0.05, 0) is 17.7 Å². The molecule has 1 heterocycles. The van der Waals surface area contributed by atoms with Gasteiger partial charge in [-0.3, -0.25) is 4.79 Å². The summed E-state index contributed by atoms with van der Waals surface area (Å²) in [5, 5.41) is 12.8. The highest BCUT2D eigenvalue weighted by molar-refractivity contribution is 6.30. The van der Waals surface area contributed by atoms with Crippen LogP contribution in [-0.4, -0.2) is 24.2 Å². The molecule has 0 bridgehead atoms. The molecule has 0 aliphatic carbocycles. The van der Waals surface area contributed by atoms with Gasteiger partial charge < -0.3 is 10.4 Å². The Morgan fingerprint density at radius 3 is 2.53 bits per heavy atom. The molecule has 1 aliphatic heterocycles. The van der Waals surface area contributed by atoms with Crippen LogP contribution in [0.4, 0.5) is 0 Å². The molecule has 1 aromatic rings. The van der Waals surface area contributed by atoms with Crippen LogP contribution in [0.1, 0.15) is 12.0 Å². The molecule has 0 aromatic heterocycles. The highest BCUT2D eigenvalue weighted by Crippen LogP contribution is 2.31. The molecule has 0 radical (unpaired) electrons. The fourth-order valence-electron chi connectivity index (χ4n) is 1.91. The average molecular weight is 226 g/mol. The summed E-state index contributed by atoms with van der Waals surface area (Å²) in [6.07, 6.45) is 0.338. The Bertz CT molecular complexity index is 377. The zero-order chi connectivity index (χ0) is 10.9. The molecule has 1 saturated heterocycles. The summed E-state index contributed by atoms with van der Waals surface area (Å²) in [6, 6.07) is 7.27. The summed E-state index contributed by atoms with van der Waals surface area (Å²) in [4.78, 5) is 11.2. The number of aliphatic hydroxyl groups is 1. The van der Waals surface area contributed by atoms with Crippen molar-refractivity contribution in [3.63, 3.8) is 0 Å². The molecule has 1 aliphatic rings. The number of carbonyl (C=O) groups excluding carboxylic acids is 1. The van der Waals surface area contributed by atoms with Gasteiger partial charge in [0.05, 0.1) is 6.61 Å². The molecule has 2 rings (SSSR count). The Hall–Kier alpha value is -1.06. The minimum absolute atomic E-state index is 0.0148.